The second-order valence-electron chi connectivity index (χ2n) is 6.00. The maximum atomic E-state index is 12.5. The van der Waals surface area contributed by atoms with Crippen LogP contribution in [0.3, 0.4) is 0 Å². The SMILES string of the molecule is CCCNc1cccc(C(=O)N2CC3CCCC3C2)n1. The van der Waals surface area contributed by atoms with Gasteiger partial charge < -0.3 is 10.2 Å². The van der Waals surface area contributed by atoms with E-state index in [-0.39, 0.29) is 5.91 Å². The van der Waals surface area contributed by atoms with Crippen molar-refractivity contribution in [3.8, 4) is 0 Å². The summed E-state index contributed by atoms with van der Waals surface area (Å²) in [6.45, 7) is 4.86. The van der Waals surface area contributed by atoms with Gasteiger partial charge in [-0.3, -0.25) is 4.79 Å². The average Bonchev–Trinajstić information content (AvgIpc) is 3.06. The maximum Gasteiger partial charge on any atom is 0.272 e. The minimum atomic E-state index is 0.0968. The van der Waals surface area contributed by atoms with Crippen LogP contribution in [0.1, 0.15) is 43.1 Å². The van der Waals surface area contributed by atoms with E-state index in [0.717, 1.165) is 43.7 Å². The molecule has 108 valence electrons. The van der Waals surface area contributed by atoms with Crippen molar-refractivity contribution in [2.45, 2.75) is 32.6 Å². The molecule has 2 atom stereocenters. The zero-order valence-corrected chi connectivity index (χ0v) is 12.1. The zero-order valence-electron chi connectivity index (χ0n) is 12.1. The normalized spacial score (nSPS) is 24.8. The minimum Gasteiger partial charge on any atom is -0.370 e. The summed E-state index contributed by atoms with van der Waals surface area (Å²) in [6, 6.07) is 5.66. The van der Waals surface area contributed by atoms with Crippen molar-refractivity contribution < 1.29 is 4.79 Å². The first kappa shape index (κ1) is 13.4. The van der Waals surface area contributed by atoms with Crippen LogP contribution in [0.2, 0.25) is 0 Å². The van der Waals surface area contributed by atoms with Crippen LogP contribution in [0, 0.1) is 11.8 Å². The Labute approximate surface area is 120 Å². The lowest BCUT2D eigenvalue weighted by molar-refractivity contribution is 0.0775. The van der Waals surface area contributed by atoms with Crippen LogP contribution < -0.4 is 5.32 Å². The monoisotopic (exact) mass is 273 g/mol. The number of nitrogens with zero attached hydrogens (tertiary/aromatic N) is 2. The van der Waals surface area contributed by atoms with E-state index in [1.165, 1.54) is 19.3 Å². The molecule has 0 bridgehead atoms. The Kier molecular flexibility index (Phi) is 3.90. The third-order valence-electron chi connectivity index (χ3n) is 4.54. The van der Waals surface area contributed by atoms with E-state index in [9.17, 15) is 4.79 Å². The first-order valence-electron chi connectivity index (χ1n) is 7.78. The molecule has 4 heteroatoms. The topological polar surface area (TPSA) is 45.2 Å². The molecule has 2 fully saturated rings. The summed E-state index contributed by atoms with van der Waals surface area (Å²) in [5, 5.41) is 3.24. The van der Waals surface area contributed by atoms with Gasteiger partial charge in [0, 0.05) is 19.6 Å². The molecule has 0 aromatic carbocycles. The number of nitrogens with one attached hydrogen (secondary N) is 1. The summed E-state index contributed by atoms with van der Waals surface area (Å²) in [6.07, 6.45) is 4.97. The molecule has 20 heavy (non-hydrogen) atoms. The number of fused-ring (bicyclic) bond motifs is 1. The Morgan fingerprint density at radius 2 is 2.10 bits per heavy atom. The quantitative estimate of drug-likeness (QED) is 0.917. The van der Waals surface area contributed by atoms with Gasteiger partial charge in [-0.2, -0.15) is 0 Å². The first-order chi connectivity index (χ1) is 9.78. The maximum absolute atomic E-state index is 12.5. The fourth-order valence-corrected chi connectivity index (χ4v) is 3.47. The van der Waals surface area contributed by atoms with Gasteiger partial charge in [-0.1, -0.05) is 19.4 Å². The zero-order chi connectivity index (χ0) is 13.9. The van der Waals surface area contributed by atoms with Crippen molar-refractivity contribution in [2.24, 2.45) is 11.8 Å². The summed E-state index contributed by atoms with van der Waals surface area (Å²) in [5.74, 6) is 2.37. The molecule has 1 saturated carbocycles. The summed E-state index contributed by atoms with van der Waals surface area (Å²) >= 11 is 0. The Bertz CT molecular complexity index is 476. The van der Waals surface area contributed by atoms with E-state index in [2.05, 4.69) is 17.2 Å². The van der Waals surface area contributed by atoms with Crippen LogP contribution in [0.25, 0.3) is 0 Å². The Balaban J connectivity index is 1.68. The molecular weight excluding hydrogens is 250 g/mol. The van der Waals surface area contributed by atoms with E-state index in [1.54, 1.807) is 0 Å². The largest absolute Gasteiger partial charge is 0.370 e. The van der Waals surface area contributed by atoms with Crippen LogP contribution >= 0.6 is 0 Å². The molecule has 0 spiro atoms. The fraction of sp³-hybridized carbons (Fsp3) is 0.625. The average molecular weight is 273 g/mol. The highest BCUT2D eigenvalue weighted by molar-refractivity contribution is 5.92. The van der Waals surface area contributed by atoms with Gasteiger partial charge in [-0.15, -0.1) is 0 Å². The molecule has 1 saturated heterocycles. The summed E-state index contributed by atoms with van der Waals surface area (Å²) in [5.41, 5.74) is 0.575. The van der Waals surface area contributed by atoms with Gasteiger partial charge in [0.15, 0.2) is 0 Å². The molecule has 2 aliphatic rings. The molecule has 0 radical (unpaired) electrons. The lowest BCUT2D eigenvalue weighted by atomic mass is 10.0. The van der Waals surface area contributed by atoms with E-state index >= 15 is 0 Å². The number of anilines is 1. The van der Waals surface area contributed by atoms with Crippen LogP contribution in [0.5, 0.6) is 0 Å². The van der Waals surface area contributed by atoms with Gasteiger partial charge >= 0.3 is 0 Å². The van der Waals surface area contributed by atoms with E-state index in [4.69, 9.17) is 0 Å². The van der Waals surface area contributed by atoms with E-state index in [1.807, 2.05) is 23.1 Å². The van der Waals surface area contributed by atoms with Crippen molar-refractivity contribution in [2.75, 3.05) is 25.0 Å². The van der Waals surface area contributed by atoms with Gasteiger partial charge in [-0.05, 0) is 43.2 Å². The fourth-order valence-electron chi connectivity index (χ4n) is 3.47. The standard InChI is InChI=1S/C16H23N3O/c1-2-9-17-15-8-4-7-14(18-15)16(20)19-10-12-5-3-6-13(12)11-19/h4,7-8,12-13H,2-3,5-6,9-11H2,1H3,(H,17,18). The lowest BCUT2D eigenvalue weighted by Crippen LogP contribution is -2.30. The van der Waals surface area contributed by atoms with Crippen LogP contribution in [0.15, 0.2) is 18.2 Å². The molecule has 3 rings (SSSR count). The number of carbonyl (C=O) groups is 1. The van der Waals surface area contributed by atoms with Crippen molar-refractivity contribution in [1.82, 2.24) is 9.88 Å². The van der Waals surface area contributed by atoms with Gasteiger partial charge in [0.25, 0.3) is 5.91 Å². The highest BCUT2D eigenvalue weighted by atomic mass is 16.2. The number of pyridine rings is 1. The predicted octanol–water partition coefficient (Wildman–Crippen LogP) is 2.78. The lowest BCUT2D eigenvalue weighted by Gasteiger charge is -2.17. The molecule has 1 aliphatic heterocycles. The van der Waals surface area contributed by atoms with Crippen LogP contribution in [-0.2, 0) is 0 Å². The Morgan fingerprint density at radius 1 is 1.35 bits per heavy atom. The Hall–Kier alpha value is -1.58. The molecule has 2 unspecified atom stereocenters. The number of hydrogen-bond acceptors (Lipinski definition) is 3. The van der Waals surface area contributed by atoms with Gasteiger partial charge in [0.1, 0.15) is 11.5 Å². The molecule has 2 heterocycles. The number of likely N-dealkylation sites (tertiary alicyclic amines) is 1. The minimum absolute atomic E-state index is 0.0968. The molecule has 4 nitrogen and oxygen atoms in total. The summed E-state index contributed by atoms with van der Waals surface area (Å²) in [4.78, 5) is 19.0. The van der Waals surface area contributed by atoms with Crippen LogP contribution in [-0.4, -0.2) is 35.4 Å². The molecule has 1 aromatic rings. The smallest absolute Gasteiger partial charge is 0.272 e. The first-order valence-corrected chi connectivity index (χ1v) is 7.78. The summed E-state index contributed by atoms with van der Waals surface area (Å²) in [7, 11) is 0. The van der Waals surface area contributed by atoms with Crippen molar-refractivity contribution in [3.05, 3.63) is 23.9 Å². The van der Waals surface area contributed by atoms with Crippen molar-refractivity contribution >= 4 is 11.7 Å². The van der Waals surface area contributed by atoms with Crippen molar-refractivity contribution in [1.29, 1.82) is 0 Å². The van der Waals surface area contributed by atoms with Gasteiger partial charge in [0.05, 0.1) is 0 Å². The molecule has 1 aliphatic carbocycles. The van der Waals surface area contributed by atoms with Gasteiger partial charge in [-0.25, -0.2) is 4.98 Å². The predicted molar refractivity (Wildman–Crippen MR) is 79.8 cm³/mol. The molecular formula is C16H23N3O. The van der Waals surface area contributed by atoms with Crippen molar-refractivity contribution in [3.63, 3.8) is 0 Å². The molecule has 1 aromatic heterocycles. The number of aromatic nitrogens is 1. The highest BCUT2D eigenvalue weighted by Gasteiger charge is 2.38. The van der Waals surface area contributed by atoms with E-state index in [0.29, 0.717) is 5.69 Å². The van der Waals surface area contributed by atoms with Gasteiger partial charge in [0.2, 0.25) is 0 Å². The second-order valence-corrected chi connectivity index (χ2v) is 6.00. The second kappa shape index (κ2) is 5.81. The number of hydrogen-bond donors (Lipinski definition) is 1. The van der Waals surface area contributed by atoms with E-state index < -0.39 is 0 Å². The highest BCUT2D eigenvalue weighted by Crippen LogP contribution is 2.38. The molecule has 1 N–H and O–H groups in total. The Morgan fingerprint density at radius 3 is 2.80 bits per heavy atom. The molecule has 1 amide bonds. The number of amides is 1. The number of carbonyl (C=O) groups excluding carboxylic acids is 1. The third-order valence-corrected chi connectivity index (χ3v) is 4.54. The summed E-state index contributed by atoms with van der Waals surface area (Å²) < 4.78 is 0. The van der Waals surface area contributed by atoms with Crippen LogP contribution in [0.4, 0.5) is 5.82 Å². The number of rotatable bonds is 4. The third kappa shape index (κ3) is 2.65.